The normalized spacial score (nSPS) is 23.4. The average Bonchev–Trinajstić information content (AvgIpc) is 2.98. The SMILES string of the molecule is CC1CCN(c2nc3ccccn3c2CO)C1CO. The molecule has 0 aromatic carbocycles. The van der Waals surface area contributed by atoms with Gasteiger partial charge in [0.15, 0.2) is 5.82 Å². The Morgan fingerprint density at radius 3 is 2.95 bits per heavy atom. The van der Waals surface area contributed by atoms with Gasteiger partial charge in [-0.25, -0.2) is 4.98 Å². The second-order valence-corrected chi connectivity index (χ2v) is 5.18. The second kappa shape index (κ2) is 4.83. The number of hydrogen-bond acceptors (Lipinski definition) is 4. The third kappa shape index (κ3) is 1.89. The molecule has 2 N–H and O–H groups in total. The van der Waals surface area contributed by atoms with Crippen LogP contribution in [0.1, 0.15) is 19.0 Å². The zero-order valence-electron chi connectivity index (χ0n) is 11.0. The van der Waals surface area contributed by atoms with Crippen LogP contribution in [0.4, 0.5) is 5.82 Å². The number of nitrogens with zero attached hydrogens (tertiary/aromatic N) is 3. The van der Waals surface area contributed by atoms with E-state index in [-0.39, 0.29) is 19.3 Å². The highest BCUT2D eigenvalue weighted by Crippen LogP contribution is 2.31. The minimum atomic E-state index is -0.0520. The molecule has 3 rings (SSSR count). The van der Waals surface area contributed by atoms with Crippen LogP contribution in [-0.4, -0.2) is 38.8 Å². The molecule has 3 heterocycles. The maximum atomic E-state index is 9.64. The molecule has 2 unspecified atom stereocenters. The Hall–Kier alpha value is -1.59. The fourth-order valence-corrected chi connectivity index (χ4v) is 2.96. The molecule has 0 spiro atoms. The van der Waals surface area contributed by atoms with Gasteiger partial charge in [0.05, 0.1) is 24.9 Å². The number of aliphatic hydroxyl groups is 2. The van der Waals surface area contributed by atoms with Gasteiger partial charge in [-0.2, -0.15) is 0 Å². The lowest BCUT2D eigenvalue weighted by Crippen LogP contribution is -2.36. The van der Waals surface area contributed by atoms with E-state index in [1.807, 2.05) is 28.8 Å². The summed E-state index contributed by atoms with van der Waals surface area (Å²) in [6, 6.07) is 5.88. The van der Waals surface area contributed by atoms with Gasteiger partial charge in [-0.05, 0) is 24.5 Å². The summed E-state index contributed by atoms with van der Waals surface area (Å²) in [5, 5.41) is 19.2. The Bertz CT molecular complexity index is 581. The van der Waals surface area contributed by atoms with Crippen molar-refractivity contribution in [2.75, 3.05) is 18.1 Å². The number of anilines is 1. The van der Waals surface area contributed by atoms with E-state index in [2.05, 4.69) is 16.8 Å². The number of fused-ring (bicyclic) bond motifs is 1. The summed E-state index contributed by atoms with van der Waals surface area (Å²) in [4.78, 5) is 6.74. The summed E-state index contributed by atoms with van der Waals surface area (Å²) < 4.78 is 1.91. The molecule has 2 atom stereocenters. The first-order valence-electron chi connectivity index (χ1n) is 6.70. The van der Waals surface area contributed by atoms with Crippen LogP contribution in [0, 0.1) is 5.92 Å². The highest BCUT2D eigenvalue weighted by atomic mass is 16.3. The van der Waals surface area contributed by atoms with Crippen molar-refractivity contribution >= 4 is 11.5 Å². The maximum Gasteiger partial charge on any atom is 0.153 e. The van der Waals surface area contributed by atoms with Gasteiger partial charge in [-0.1, -0.05) is 13.0 Å². The Morgan fingerprint density at radius 1 is 1.37 bits per heavy atom. The van der Waals surface area contributed by atoms with Gasteiger partial charge in [0.25, 0.3) is 0 Å². The predicted molar refractivity (Wildman–Crippen MR) is 73.1 cm³/mol. The first-order valence-corrected chi connectivity index (χ1v) is 6.70. The lowest BCUT2D eigenvalue weighted by molar-refractivity contribution is 0.243. The van der Waals surface area contributed by atoms with Crippen molar-refractivity contribution in [2.45, 2.75) is 26.0 Å². The van der Waals surface area contributed by atoms with E-state index in [1.54, 1.807) is 0 Å². The molecular formula is C14H19N3O2. The third-order valence-electron chi connectivity index (χ3n) is 4.10. The number of imidazole rings is 1. The van der Waals surface area contributed by atoms with E-state index >= 15 is 0 Å². The average molecular weight is 261 g/mol. The first kappa shape index (κ1) is 12.4. The lowest BCUT2D eigenvalue weighted by atomic mass is 10.0. The van der Waals surface area contributed by atoms with Crippen LogP contribution >= 0.6 is 0 Å². The standard InChI is InChI=1S/C14H19N3O2/c1-10-5-7-17(11(10)8-18)14-12(9-19)16-6-3-2-4-13(16)15-14/h2-4,6,10-11,18-19H,5,7-9H2,1H3. The van der Waals surface area contributed by atoms with Crippen LogP contribution in [0.15, 0.2) is 24.4 Å². The van der Waals surface area contributed by atoms with Crippen LogP contribution in [0.3, 0.4) is 0 Å². The monoisotopic (exact) mass is 261 g/mol. The topological polar surface area (TPSA) is 61.0 Å². The molecular weight excluding hydrogens is 242 g/mol. The van der Waals surface area contributed by atoms with Crippen LogP contribution in [-0.2, 0) is 6.61 Å². The van der Waals surface area contributed by atoms with Gasteiger partial charge in [-0.3, -0.25) is 4.40 Å². The van der Waals surface area contributed by atoms with Gasteiger partial charge in [0, 0.05) is 12.7 Å². The summed E-state index contributed by atoms with van der Waals surface area (Å²) in [5.41, 5.74) is 1.63. The van der Waals surface area contributed by atoms with Crippen molar-refractivity contribution in [2.24, 2.45) is 5.92 Å². The van der Waals surface area contributed by atoms with Crippen molar-refractivity contribution in [3.63, 3.8) is 0 Å². The zero-order chi connectivity index (χ0) is 13.4. The molecule has 5 heteroatoms. The Labute approximate surface area is 112 Å². The number of aliphatic hydroxyl groups excluding tert-OH is 2. The molecule has 0 bridgehead atoms. The first-order chi connectivity index (χ1) is 9.26. The highest BCUT2D eigenvalue weighted by Gasteiger charge is 2.33. The van der Waals surface area contributed by atoms with Crippen LogP contribution in [0.25, 0.3) is 5.65 Å². The van der Waals surface area contributed by atoms with Crippen molar-refractivity contribution < 1.29 is 10.2 Å². The minimum absolute atomic E-state index is 0.0520. The molecule has 0 saturated carbocycles. The summed E-state index contributed by atoms with van der Waals surface area (Å²) in [6.07, 6.45) is 2.95. The van der Waals surface area contributed by atoms with E-state index in [9.17, 15) is 10.2 Å². The molecule has 2 aromatic rings. The third-order valence-corrected chi connectivity index (χ3v) is 4.10. The second-order valence-electron chi connectivity index (χ2n) is 5.18. The predicted octanol–water partition coefficient (Wildman–Crippen LogP) is 1.03. The minimum Gasteiger partial charge on any atom is -0.394 e. The van der Waals surface area contributed by atoms with Crippen molar-refractivity contribution in [3.8, 4) is 0 Å². The van der Waals surface area contributed by atoms with E-state index in [0.717, 1.165) is 30.1 Å². The van der Waals surface area contributed by atoms with Gasteiger partial charge in [0.2, 0.25) is 0 Å². The molecule has 0 aliphatic carbocycles. The van der Waals surface area contributed by atoms with Gasteiger partial charge >= 0.3 is 0 Å². The van der Waals surface area contributed by atoms with Gasteiger partial charge in [0.1, 0.15) is 5.65 Å². The Morgan fingerprint density at radius 2 is 2.21 bits per heavy atom. The molecule has 102 valence electrons. The molecule has 5 nitrogen and oxygen atoms in total. The maximum absolute atomic E-state index is 9.64. The lowest BCUT2D eigenvalue weighted by Gasteiger charge is -2.26. The van der Waals surface area contributed by atoms with Crippen LogP contribution in [0.2, 0.25) is 0 Å². The van der Waals surface area contributed by atoms with Gasteiger partial charge < -0.3 is 15.1 Å². The molecule has 1 fully saturated rings. The van der Waals surface area contributed by atoms with Crippen molar-refractivity contribution in [3.05, 3.63) is 30.1 Å². The fourth-order valence-electron chi connectivity index (χ4n) is 2.96. The summed E-state index contributed by atoms with van der Waals surface area (Å²) >= 11 is 0. The highest BCUT2D eigenvalue weighted by molar-refractivity contribution is 5.57. The van der Waals surface area contributed by atoms with Crippen molar-refractivity contribution in [1.82, 2.24) is 9.38 Å². The van der Waals surface area contributed by atoms with E-state index in [1.165, 1.54) is 0 Å². The molecule has 0 radical (unpaired) electrons. The molecule has 19 heavy (non-hydrogen) atoms. The van der Waals surface area contributed by atoms with Crippen LogP contribution < -0.4 is 4.90 Å². The smallest absolute Gasteiger partial charge is 0.153 e. The number of pyridine rings is 1. The summed E-state index contributed by atoms with van der Waals surface area (Å²) in [7, 11) is 0. The molecule has 1 aliphatic rings. The summed E-state index contributed by atoms with van der Waals surface area (Å²) in [6.45, 7) is 3.10. The number of hydrogen-bond donors (Lipinski definition) is 2. The molecule has 0 amide bonds. The van der Waals surface area contributed by atoms with E-state index in [4.69, 9.17) is 0 Å². The number of rotatable bonds is 3. The number of aromatic nitrogens is 2. The van der Waals surface area contributed by atoms with E-state index in [0.29, 0.717) is 5.92 Å². The molecule has 1 saturated heterocycles. The molecule has 2 aromatic heterocycles. The van der Waals surface area contributed by atoms with E-state index < -0.39 is 0 Å². The zero-order valence-corrected chi connectivity index (χ0v) is 11.0. The Balaban J connectivity index is 2.09. The largest absolute Gasteiger partial charge is 0.394 e. The van der Waals surface area contributed by atoms with Gasteiger partial charge in [-0.15, -0.1) is 0 Å². The van der Waals surface area contributed by atoms with Crippen molar-refractivity contribution in [1.29, 1.82) is 0 Å². The quantitative estimate of drug-likeness (QED) is 0.866. The fraction of sp³-hybridized carbons (Fsp3) is 0.500. The molecule has 1 aliphatic heterocycles. The van der Waals surface area contributed by atoms with Crippen LogP contribution in [0.5, 0.6) is 0 Å². The summed E-state index contributed by atoms with van der Waals surface area (Å²) in [5.74, 6) is 1.25. The Kier molecular flexibility index (Phi) is 3.16.